The quantitative estimate of drug-likeness (QED) is 0.302. The van der Waals surface area contributed by atoms with E-state index < -0.39 is 0 Å². The summed E-state index contributed by atoms with van der Waals surface area (Å²) in [7, 11) is 0. The fraction of sp³-hybridized carbons (Fsp3) is 0.200. The summed E-state index contributed by atoms with van der Waals surface area (Å²) in [5, 5.41) is 2.83. The number of aromatic amines is 1. The number of aromatic nitrogens is 1. The van der Waals surface area contributed by atoms with Crippen LogP contribution in [0.2, 0.25) is 0 Å². The summed E-state index contributed by atoms with van der Waals surface area (Å²) in [6.07, 6.45) is 1.03. The van der Waals surface area contributed by atoms with E-state index in [0.717, 1.165) is 33.8 Å². The Kier molecular flexibility index (Phi) is 7.78. The number of hydrogen-bond acceptors (Lipinski definition) is 2. The average Bonchev–Trinajstić information content (AvgIpc) is 3.35. The molecule has 4 rings (SSSR count). The number of rotatable bonds is 9. The molecule has 1 atom stereocenters. The number of benzene rings is 3. The maximum Gasteiger partial charge on any atom is 0.223 e. The highest BCUT2D eigenvalue weighted by atomic mass is 16.2. The molecule has 0 aliphatic rings. The van der Waals surface area contributed by atoms with E-state index in [-0.39, 0.29) is 17.9 Å². The van der Waals surface area contributed by atoms with Crippen LogP contribution in [-0.4, -0.2) is 21.7 Å². The lowest BCUT2D eigenvalue weighted by molar-refractivity contribution is -0.134. The second-order valence-corrected chi connectivity index (χ2v) is 8.75. The van der Waals surface area contributed by atoms with E-state index in [2.05, 4.69) is 34.6 Å². The zero-order valence-corrected chi connectivity index (χ0v) is 20.2. The Balaban J connectivity index is 1.50. The summed E-state index contributed by atoms with van der Waals surface area (Å²) in [5.74, 6) is -0.0324. The number of amides is 2. The van der Waals surface area contributed by atoms with Crippen molar-refractivity contribution < 1.29 is 9.59 Å². The molecule has 0 spiro atoms. The molecule has 35 heavy (non-hydrogen) atoms. The van der Waals surface area contributed by atoms with E-state index in [9.17, 15) is 9.59 Å². The minimum Gasteiger partial charge on any atom is -0.358 e. The molecule has 4 aromatic rings. The maximum absolute atomic E-state index is 13.5. The lowest BCUT2D eigenvalue weighted by Gasteiger charge is -2.30. The molecule has 1 unspecified atom stereocenters. The standard InChI is InChI=1S/C30H31N3O2/c1-22(26-14-9-15-28(20-26)31-23(2)34)33(21-24-10-5-3-6-11-24)30(35)19-17-27-16-18-29(32-27)25-12-7-4-8-13-25/h3-16,18,20,22,32H,17,19,21H2,1-2H3,(H,31,34). The molecule has 2 N–H and O–H groups in total. The Morgan fingerprint density at radius 1 is 0.886 bits per heavy atom. The monoisotopic (exact) mass is 465 g/mol. The number of carbonyl (C=O) groups is 2. The molecular weight excluding hydrogens is 434 g/mol. The normalized spacial score (nSPS) is 11.6. The first kappa shape index (κ1) is 24.0. The van der Waals surface area contributed by atoms with Gasteiger partial charge in [0.15, 0.2) is 0 Å². The number of hydrogen-bond donors (Lipinski definition) is 2. The number of aryl methyl sites for hydroxylation is 1. The summed E-state index contributed by atoms with van der Waals surface area (Å²) in [4.78, 5) is 30.4. The lowest BCUT2D eigenvalue weighted by Crippen LogP contribution is -2.33. The van der Waals surface area contributed by atoms with Crippen LogP contribution in [-0.2, 0) is 22.6 Å². The third kappa shape index (κ3) is 6.48. The molecule has 5 heteroatoms. The second kappa shape index (κ2) is 11.3. The molecule has 0 saturated carbocycles. The van der Waals surface area contributed by atoms with E-state index in [0.29, 0.717) is 19.4 Å². The van der Waals surface area contributed by atoms with Gasteiger partial charge in [-0.15, -0.1) is 0 Å². The lowest BCUT2D eigenvalue weighted by atomic mass is 10.0. The molecule has 0 fully saturated rings. The molecule has 5 nitrogen and oxygen atoms in total. The van der Waals surface area contributed by atoms with Gasteiger partial charge >= 0.3 is 0 Å². The molecule has 178 valence electrons. The summed E-state index contributed by atoms with van der Waals surface area (Å²) in [5.41, 5.74) is 6.01. The van der Waals surface area contributed by atoms with Gasteiger partial charge in [-0.2, -0.15) is 0 Å². The molecular formula is C30H31N3O2. The molecule has 0 aliphatic heterocycles. The van der Waals surface area contributed by atoms with Crippen LogP contribution in [0.3, 0.4) is 0 Å². The average molecular weight is 466 g/mol. The van der Waals surface area contributed by atoms with E-state index in [1.165, 1.54) is 6.92 Å². The van der Waals surface area contributed by atoms with Gasteiger partial charge in [-0.05, 0) is 54.3 Å². The van der Waals surface area contributed by atoms with Crippen LogP contribution in [0.4, 0.5) is 5.69 Å². The minimum absolute atomic E-state index is 0.0853. The van der Waals surface area contributed by atoms with Crippen LogP contribution in [0.25, 0.3) is 11.3 Å². The van der Waals surface area contributed by atoms with Crippen molar-refractivity contribution in [1.82, 2.24) is 9.88 Å². The SMILES string of the molecule is CC(=O)Nc1cccc(C(C)N(Cc2ccccc2)C(=O)CCc2ccc(-c3ccccc3)[nH]2)c1. The smallest absolute Gasteiger partial charge is 0.223 e. The first-order valence-corrected chi connectivity index (χ1v) is 11.9. The number of anilines is 1. The van der Waals surface area contributed by atoms with E-state index >= 15 is 0 Å². The number of H-pyrrole nitrogens is 1. The zero-order chi connectivity index (χ0) is 24.6. The van der Waals surface area contributed by atoms with Gasteiger partial charge in [-0.25, -0.2) is 0 Å². The van der Waals surface area contributed by atoms with Gasteiger partial charge in [0, 0.05) is 37.0 Å². The molecule has 2 amide bonds. The highest BCUT2D eigenvalue weighted by Crippen LogP contribution is 2.26. The number of carbonyl (C=O) groups excluding carboxylic acids is 2. The Labute approximate surface area is 206 Å². The van der Waals surface area contributed by atoms with Crippen molar-refractivity contribution in [1.29, 1.82) is 0 Å². The van der Waals surface area contributed by atoms with Gasteiger partial charge in [0.2, 0.25) is 11.8 Å². The van der Waals surface area contributed by atoms with Crippen molar-refractivity contribution in [2.45, 2.75) is 39.3 Å². The van der Waals surface area contributed by atoms with Gasteiger partial charge in [0.25, 0.3) is 0 Å². The Bertz CT molecular complexity index is 1270. The van der Waals surface area contributed by atoms with Crippen molar-refractivity contribution in [3.63, 3.8) is 0 Å². The molecule has 0 bridgehead atoms. The van der Waals surface area contributed by atoms with E-state index in [4.69, 9.17) is 0 Å². The van der Waals surface area contributed by atoms with Crippen LogP contribution in [0.5, 0.6) is 0 Å². The van der Waals surface area contributed by atoms with Crippen molar-refractivity contribution in [2.24, 2.45) is 0 Å². The molecule has 0 aliphatic carbocycles. The molecule has 1 heterocycles. The largest absolute Gasteiger partial charge is 0.358 e. The first-order valence-electron chi connectivity index (χ1n) is 11.9. The van der Waals surface area contributed by atoms with Crippen molar-refractivity contribution in [2.75, 3.05) is 5.32 Å². The van der Waals surface area contributed by atoms with Crippen LogP contribution >= 0.6 is 0 Å². The molecule has 0 saturated heterocycles. The van der Waals surface area contributed by atoms with Crippen LogP contribution in [0, 0.1) is 0 Å². The highest BCUT2D eigenvalue weighted by molar-refractivity contribution is 5.88. The predicted molar refractivity (Wildman–Crippen MR) is 141 cm³/mol. The van der Waals surface area contributed by atoms with Gasteiger partial charge < -0.3 is 15.2 Å². The van der Waals surface area contributed by atoms with Crippen LogP contribution < -0.4 is 5.32 Å². The number of nitrogens with zero attached hydrogens (tertiary/aromatic N) is 1. The van der Waals surface area contributed by atoms with Crippen molar-refractivity contribution >= 4 is 17.5 Å². The first-order chi connectivity index (χ1) is 17.0. The topological polar surface area (TPSA) is 65.2 Å². The van der Waals surface area contributed by atoms with Crippen LogP contribution in [0.15, 0.2) is 97.1 Å². The van der Waals surface area contributed by atoms with Gasteiger partial charge in [-0.3, -0.25) is 9.59 Å². The van der Waals surface area contributed by atoms with Gasteiger partial charge in [-0.1, -0.05) is 72.8 Å². The van der Waals surface area contributed by atoms with E-state index in [1.54, 1.807) is 0 Å². The minimum atomic E-state index is -0.153. The van der Waals surface area contributed by atoms with Gasteiger partial charge in [0.1, 0.15) is 0 Å². The Hall–Kier alpha value is -4.12. The maximum atomic E-state index is 13.5. The van der Waals surface area contributed by atoms with E-state index in [1.807, 2.05) is 84.6 Å². The summed E-state index contributed by atoms with van der Waals surface area (Å²) < 4.78 is 0. The highest BCUT2D eigenvalue weighted by Gasteiger charge is 2.22. The molecule has 0 radical (unpaired) electrons. The fourth-order valence-electron chi connectivity index (χ4n) is 4.24. The summed E-state index contributed by atoms with van der Waals surface area (Å²) in [6.45, 7) is 4.05. The second-order valence-electron chi connectivity index (χ2n) is 8.75. The third-order valence-corrected chi connectivity index (χ3v) is 6.11. The summed E-state index contributed by atoms with van der Waals surface area (Å²) in [6, 6.07) is 31.9. The molecule has 1 aromatic heterocycles. The number of nitrogens with one attached hydrogen (secondary N) is 2. The fourth-order valence-corrected chi connectivity index (χ4v) is 4.24. The Morgan fingerprint density at radius 2 is 1.60 bits per heavy atom. The zero-order valence-electron chi connectivity index (χ0n) is 20.2. The third-order valence-electron chi connectivity index (χ3n) is 6.11. The molecule has 3 aromatic carbocycles. The summed E-state index contributed by atoms with van der Waals surface area (Å²) >= 11 is 0. The van der Waals surface area contributed by atoms with Gasteiger partial charge in [0.05, 0.1) is 6.04 Å². The van der Waals surface area contributed by atoms with Crippen molar-refractivity contribution in [3.05, 3.63) is 114 Å². The predicted octanol–water partition coefficient (Wildman–Crippen LogP) is 6.36. The van der Waals surface area contributed by atoms with Crippen molar-refractivity contribution in [3.8, 4) is 11.3 Å². The van der Waals surface area contributed by atoms with Crippen LogP contribution in [0.1, 0.15) is 43.1 Å². The Morgan fingerprint density at radius 3 is 2.31 bits per heavy atom.